The summed E-state index contributed by atoms with van der Waals surface area (Å²) in [5.74, 6) is 0. The van der Waals surface area contributed by atoms with Crippen LogP contribution in [0.25, 0.3) is 0 Å². The molecule has 2 heterocycles. The monoisotopic (exact) mass is 165 g/mol. The van der Waals surface area contributed by atoms with Crippen molar-refractivity contribution in [2.45, 2.75) is 45.6 Å². The van der Waals surface area contributed by atoms with E-state index in [1.54, 1.807) is 11.1 Å². The molecular weight excluding hydrogens is 146 g/mol. The lowest BCUT2D eigenvalue weighted by atomic mass is 9.83. The summed E-state index contributed by atoms with van der Waals surface area (Å²) in [5.41, 5.74) is 3.71. The largest absolute Gasteiger partial charge is 0.294 e. The molecule has 0 aromatic heterocycles. The smallest absolute Gasteiger partial charge is 0.0392 e. The Labute approximate surface area is 75.4 Å². The van der Waals surface area contributed by atoms with Crippen LogP contribution in [0.3, 0.4) is 0 Å². The summed E-state index contributed by atoms with van der Waals surface area (Å²) >= 11 is 0. The third kappa shape index (κ3) is 0.957. The standard InChI is InChI=1S/C11H19N/c1-9-5-8-12-7-4-6-11(12,3)10(9)2/h4-8H2,1-3H3. The van der Waals surface area contributed by atoms with Crippen LogP contribution in [0.5, 0.6) is 0 Å². The van der Waals surface area contributed by atoms with Gasteiger partial charge in [0, 0.05) is 12.1 Å². The Morgan fingerprint density at radius 2 is 2.00 bits per heavy atom. The van der Waals surface area contributed by atoms with Crippen LogP contribution in [0.2, 0.25) is 0 Å². The van der Waals surface area contributed by atoms with Gasteiger partial charge in [0.2, 0.25) is 0 Å². The van der Waals surface area contributed by atoms with Gasteiger partial charge in [-0.3, -0.25) is 4.90 Å². The fourth-order valence-corrected chi connectivity index (χ4v) is 2.75. The molecule has 1 unspecified atom stereocenters. The zero-order chi connectivity index (χ0) is 8.77. The average molecular weight is 165 g/mol. The van der Waals surface area contributed by atoms with E-state index in [1.165, 1.54) is 32.4 Å². The molecule has 1 saturated heterocycles. The number of rotatable bonds is 0. The summed E-state index contributed by atoms with van der Waals surface area (Å²) in [6.07, 6.45) is 4.05. The first-order chi connectivity index (χ1) is 5.64. The molecule has 2 rings (SSSR count). The van der Waals surface area contributed by atoms with Gasteiger partial charge in [-0.25, -0.2) is 0 Å². The van der Waals surface area contributed by atoms with E-state index in [9.17, 15) is 0 Å². The van der Waals surface area contributed by atoms with Gasteiger partial charge in [0.1, 0.15) is 0 Å². The number of hydrogen-bond acceptors (Lipinski definition) is 1. The summed E-state index contributed by atoms with van der Waals surface area (Å²) in [6.45, 7) is 9.65. The topological polar surface area (TPSA) is 3.24 Å². The highest BCUT2D eigenvalue weighted by Gasteiger charge is 2.40. The van der Waals surface area contributed by atoms with Crippen LogP contribution in [0, 0.1) is 0 Å². The Balaban J connectivity index is 2.37. The predicted molar refractivity (Wildman–Crippen MR) is 52.2 cm³/mol. The first-order valence-electron chi connectivity index (χ1n) is 5.06. The average Bonchev–Trinajstić information content (AvgIpc) is 2.42. The molecule has 0 N–H and O–H groups in total. The number of fused-ring (bicyclic) bond motifs is 1. The molecule has 0 amide bonds. The molecule has 0 aliphatic carbocycles. The highest BCUT2D eigenvalue weighted by molar-refractivity contribution is 5.27. The first-order valence-corrected chi connectivity index (χ1v) is 5.06. The van der Waals surface area contributed by atoms with Gasteiger partial charge in [0.25, 0.3) is 0 Å². The molecule has 68 valence electrons. The molecule has 1 nitrogen and oxygen atoms in total. The summed E-state index contributed by atoms with van der Waals surface area (Å²) in [5, 5.41) is 0. The van der Waals surface area contributed by atoms with Crippen molar-refractivity contribution in [3.05, 3.63) is 11.1 Å². The maximum absolute atomic E-state index is 2.66. The molecule has 0 radical (unpaired) electrons. The maximum atomic E-state index is 2.66. The summed E-state index contributed by atoms with van der Waals surface area (Å²) < 4.78 is 0. The van der Waals surface area contributed by atoms with Crippen molar-refractivity contribution in [1.82, 2.24) is 4.90 Å². The van der Waals surface area contributed by atoms with E-state index >= 15 is 0 Å². The molecular formula is C11H19N. The number of hydrogen-bond donors (Lipinski definition) is 0. The lowest BCUT2D eigenvalue weighted by Crippen LogP contribution is -2.45. The Bertz CT molecular complexity index is 229. The Morgan fingerprint density at radius 1 is 1.25 bits per heavy atom. The molecule has 0 bridgehead atoms. The molecule has 1 atom stereocenters. The van der Waals surface area contributed by atoms with E-state index in [4.69, 9.17) is 0 Å². The molecule has 2 aliphatic rings. The van der Waals surface area contributed by atoms with Gasteiger partial charge in [0.15, 0.2) is 0 Å². The highest BCUT2D eigenvalue weighted by Crippen LogP contribution is 2.40. The lowest BCUT2D eigenvalue weighted by molar-refractivity contribution is 0.178. The van der Waals surface area contributed by atoms with Gasteiger partial charge in [0.05, 0.1) is 0 Å². The molecule has 0 aromatic carbocycles. The van der Waals surface area contributed by atoms with Crippen LogP contribution >= 0.6 is 0 Å². The van der Waals surface area contributed by atoms with Crippen LogP contribution in [-0.2, 0) is 0 Å². The SMILES string of the molecule is CC1=C(C)C2(C)CCCN2CC1. The summed E-state index contributed by atoms with van der Waals surface area (Å²) in [4.78, 5) is 2.66. The van der Waals surface area contributed by atoms with Crippen LogP contribution in [0.4, 0.5) is 0 Å². The second-order valence-corrected chi connectivity index (χ2v) is 4.52. The first kappa shape index (κ1) is 8.31. The summed E-state index contributed by atoms with van der Waals surface area (Å²) in [7, 11) is 0. The zero-order valence-electron chi connectivity index (χ0n) is 8.48. The van der Waals surface area contributed by atoms with E-state index in [-0.39, 0.29) is 0 Å². The van der Waals surface area contributed by atoms with E-state index < -0.39 is 0 Å². The minimum absolute atomic E-state index is 0.433. The molecule has 0 saturated carbocycles. The molecule has 0 spiro atoms. The predicted octanol–water partition coefficient (Wildman–Crippen LogP) is 2.58. The lowest BCUT2D eigenvalue weighted by Gasteiger charge is -2.41. The van der Waals surface area contributed by atoms with Crippen molar-refractivity contribution in [3.8, 4) is 0 Å². The normalized spacial score (nSPS) is 37.2. The van der Waals surface area contributed by atoms with Gasteiger partial charge < -0.3 is 0 Å². The Morgan fingerprint density at radius 3 is 2.75 bits per heavy atom. The molecule has 1 fully saturated rings. The van der Waals surface area contributed by atoms with Gasteiger partial charge in [-0.2, -0.15) is 0 Å². The van der Waals surface area contributed by atoms with Gasteiger partial charge >= 0.3 is 0 Å². The van der Waals surface area contributed by atoms with Crippen molar-refractivity contribution in [2.24, 2.45) is 0 Å². The van der Waals surface area contributed by atoms with Crippen LogP contribution < -0.4 is 0 Å². The molecule has 0 aromatic rings. The molecule has 1 heteroatoms. The third-order valence-electron chi connectivity index (χ3n) is 3.99. The fraction of sp³-hybridized carbons (Fsp3) is 0.818. The highest BCUT2D eigenvalue weighted by atomic mass is 15.2. The number of nitrogens with zero attached hydrogens (tertiary/aromatic N) is 1. The minimum Gasteiger partial charge on any atom is -0.294 e. The van der Waals surface area contributed by atoms with Gasteiger partial charge in [-0.05, 0) is 46.6 Å². The Kier molecular flexibility index (Phi) is 1.80. The van der Waals surface area contributed by atoms with E-state index in [0.717, 1.165) is 0 Å². The minimum atomic E-state index is 0.433. The van der Waals surface area contributed by atoms with Crippen molar-refractivity contribution >= 4 is 0 Å². The van der Waals surface area contributed by atoms with Gasteiger partial charge in [-0.15, -0.1) is 0 Å². The molecule has 2 aliphatic heterocycles. The van der Waals surface area contributed by atoms with Gasteiger partial charge in [-0.1, -0.05) is 11.1 Å². The Hall–Kier alpha value is -0.300. The van der Waals surface area contributed by atoms with E-state index in [0.29, 0.717) is 5.54 Å². The molecule has 12 heavy (non-hydrogen) atoms. The van der Waals surface area contributed by atoms with Crippen molar-refractivity contribution in [2.75, 3.05) is 13.1 Å². The van der Waals surface area contributed by atoms with Crippen LogP contribution in [0.15, 0.2) is 11.1 Å². The second-order valence-electron chi connectivity index (χ2n) is 4.52. The van der Waals surface area contributed by atoms with Crippen LogP contribution in [-0.4, -0.2) is 23.5 Å². The summed E-state index contributed by atoms with van der Waals surface area (Å²) in [6, 6.07) is 0. The van der Waals surface area contributed by atoms with E-state index in [2.05, 4.69) is 25.7 Å². The van der Waals surface area contributed by atoms with Crippen molar-refractivity contribution < 1.29 is 0 Å². The second kappa shape index (κ2) is 2.59. The maximum Gasteiger partial charge on any atom is 0.0392 e. The fourth-order valence-electron chi connectivity index (χ4n) is 2.75. The van der Waals surface area contributed by atoms with E-state index in [1.807, 2.05) is 0 Å². The van der Waals surface area contributed by atoms with Crippen LogP contribution in [0.1, 0.15) is 40.0 Å². The van der Waals surface area contributed by atoms with Crippen molar-refractivity contribution in [1.29, 1.82) is 0 Å². The van der Waals surface area contributed by atoms with Crippen molar-refractivity contribution in [3.63, 3.8) is 0 Å². The zero-order valence-corrected chi connectivity index (χ0v) is 8.48. The third-order valence-corrected chi connectivity index (χ3v) is 3.99. The quantitative estimate of drug-likeness (QED) is 0.499.